The van der Waals surface area contributed by atoms with Gasteiger partial charge in [-0.1, -0.05) is 0 Å². The largest absolute Gasteiger partial charge is 0.298 e. The normalized spacial score (nSPS) is 5.50. The average molecular weight is 82.1 g/mol. The van der Waals surface area contributed by atoms with E-state index < -0.39 is 0 Å². The van der Waals surface area contributed by atoms with Gasteiger partial charge in [0.25, 0.3) is 0 Å². The number of hydrogen-bond acceptors (Lipinski definition) is 1. The maximum Gasteiger partial charge on any atom is 0.150 e. The van der Waals surface area contributed by atoms with Gasteiger partial charge in [0.15, 0.2) is 6.29 Å². The van der Waals surface area contributed by atoms with E-state index in [-0.39, 0.29) is 0 Å². The van der Waals surface area contributed by atoms with E-state index in [9.17, 15) is 4.79 Å². The minimum Gasteiger partial charge on any atom is -0.298 e. The monoisotopic (exact) mass is 82.0 g/mol. The molecule has 32 valence electrons. The molecule has 0 saturated heterocycles. The summed E-state index contributed by atoms with van der Waals surface area (Å²) < 4.78 is 0. The van der Waals surface area contributed by atoms with Crippen LogP contribution >= 0.6 is 0 Å². The van der Waals surface area contributed by atoms with Crippen LogP contribution in [0, 0.1) is 0 Å². The Kier molecular flexibility index (Phi) is 3.62. The summed E-state index contributed by atoms with van der Waals surface area (Å²) >= 11 is 0. The van der Waals surface area contributed by atoms with E-state index in [1.807, 2.05) is 0 Å². The van der Waals surface area contributed by atoms with E-state index in [0.29, 0.717) is 6.29 Å². The van der Waals surface area contributed by atoms with E-state index in [4.69, 9.17) is 0 Å². The van der Waals surface area contributed by atoms with Crippen LogP contribution in [0.1, 0.15) is 6.92 Å². The second-order valence-electron chi connectivity index (χ2n) is 0.758. The molecule has 0 rings (SSSR count). The van der Waals surface area contributed by atoms with Crippen LogP contribution in [-0.2, 0) is 4.79 Å². The summed E-state index contributed by atoms with van der Waals surface area (Å²) in [6.45, 7) is 1.81. The van der Waals surface area contributed by atoms with E-state index in [1.165, 1.54) is 6.08 Å². The van der Waals surface area contributed by atoms with Gasteiger partial charge < -0.3 is 0 Å². The summed E-state index contributed by atoms with van der Waals surface area (Å²) in [5.41, 5.74) is 2.58. The van der Waals surface area contributed by atoms with Crippen molar-refractivity contribution in [2.75, 3.05) is 0 Å². The van der Waals surface area contributed by atoms with Gasteiger partial charge in [0.05, 0.1) is 0 Å². The first-order valence-corrected chi connectivity index (χ1v) is 1.72. The van der Waals surface area contributed by atoms with Crippen molar-refractivity contribution in [2.24, 2.45) is 0 Å². The molecule has 0 heterocycles. The van der Waals surface area contributed by atoms with Crippen LogP contribution in [-0.4, -0.2) is 6.29 Å². The Morgan fingerprint density at radius 1 is 1.67 bits per heavy atom. The van der Waals surface area contributed by atoms with Gasteiger partial charge in [0.2, 0.25) is 0 Å². The summed E-state index contributed by atoms with van der Waals surface area (Å²) in [5.74, 6) is 0. The molecule has 0 atom stereocenters. The lowest BCUT2D eigenvalue weighted by molar-refractivity contribution is -0.104. The zero-order chi connectivity index (χ0) is 4.83. The van der Waals surface area contributed by atoms with E-state index in [1.54, 1.807) is 13.0 Å². The fourth-order valence-electron chi connectivity index (χ4n) is 0.136. The molecule has 0 spiro atoms. The molecule has 0 aromatic heterocycles. The molecule has 0 amide bonds. The molecule has 0 fully saturated rings. The van der Waals surface area contributed by atoms with Gasteiger partial charge in [-0.05, 0) is 13.0 Å². The Morgan fingerprint density at radius 2 is 2.33 bits per heavy atom. The van der Waals surface area contributed by atoms with Gasteiger partial charge in [-0.25, -0.2) is 0 Å². The van der Waals surface area contributed by atoms with E-state index in [2.05, 4.69) is 5.73 Å². The maximum atomic E-state index is 9.43. The second kappa shape index (κ2) is 4.19. The molecule has 0 aromatic carbocycles. The molecule has 0 unspecified atom stereocenters. The molecule has 0 aliphatic rings. The summed E-state index contributed by atoms with van der Waals surface area (Å²) in [4.78, 5) is 9.43. The first kappa shape index (κ1) is 5.19. The van der Waals surface area contributed by atoms with Crippen LogP contribution in [0.4, 0.5) is 0 Å². The average Bonchev–Trinajstić information content (AvgIpc) is 1.61. The second-order valence-corrected chi connectivity index (χ2v) is 0.758. The minimum absolute atomic E-state index is 0.694. The molecule has 0 aliphatic heterocycles. The highest BCUT2D eigenvalue weighted by atomic mass is 16.1. The fourth-order valence-corrected chi connectivity index (χ4v) is 0.136. The lowest BCUT2D eigenvalue weighted by atomic mass is 10.6. The third kappa shape index (κ3) is 3.19. The number of aldehydes is 1. The van der Waals surface area contributed by atoms with Gasteiger partial charge in [-0.15, -0.1) is 5.73 Å². The van der Waals surface area contributed by atoms with Crippen molar-refractivity contribution in [3.8, 4) is 0 Å². The number of allylic oxidation sites excluding steroid dienone is 1. The number of carbonyl (C=O) groups is 1. The van der Waals surface area contributed by atoms with Crippen molar-refractivity contribution in [1.82, 2.24) is 0 Å². The molecule has 0 saturated carbocycles. The topological polar surface area (TPSA) is 17.1 Å². The van der Waals surface area contributed by atoms with Crippen molar-refractivity contribution in [2.45, 2.75) is 6.92 Å². The van der Waals surface area contributed by atoms with Crippen molar-refractivity contribution in [1.29, 1.82) is 0 Å². The Hall–Kier alpha value is -0.810. The van der Waals surface area contributed by atoms with Crippen LogP contribution < -0.4 is 0 Å². The Balaban J connectivity index is 3.46. The van der Waals surface area contributed by atoms with Crippen molar-refractivity contribution in [3.05, 3.63) is 17.9 Å². The van der Waals surface area contributed by atoms with Gasteiger partial charge in [-0.3, -0.25) is 4.79 Å². The van der Waals surface area contributed by atoms with Crippen LogP contribution in [0.3, 0.4) is 0 Å². The summed E-state index contributed by atoms with van der Waals surface area (Å²) in [7, 11) is 0. The first-order valence-electron chi connectivity index (χ1n) is 1.72. The number of carbonyl (C=O) groups excluding carboxylic acids is 1. The molecule has 1 nitrogen and oxygen atoms in total. The smallest absolute Gasteiger partial charge is 0.150 e. The summed E-state index contributed by atoms with van der Waals surface area (Å²) in [6.07, 6.45) is 3.69. The number of hydrogen-bond donors (Lipinski definition) is 0. The highest BCUT2D eigenvalue weighted by molar-refractivity contribution is 5.64. The maximum absolute atomic E-state index is 9.43. The van der Waals surface area contributed by atoms with Gasteiger partial charge in [-0.2, -0.15) is 0 Å². The van der Waals surface area contributed by atoms with Gasteiger partial charge >= 0.3 is 0 Å². The van der Waals surface area contributed by atoms with Gasteiger partial charge in [0.1, 0.15) is 0 Å². The lowest BCUT2D eigenvalue weighted by Gasteiger charge is -1.49. The van der Waals surface area contributed by atoms with E-state index >= 15 is 0 Å². The molecule has 0 bridgehead atoms. The predicted octanol–water partition coefficient (Wildman–Crippen LogP) is 0.917. The minimum atomic E-state index is 0.694. The SMILES string of the molecule is CC=C=CC=O. The fraction of sp³-hybridized carbons (Fsp3) is 0.200. The van der Waals surface area contributed by atoms with Crippen LogP contribution in [0.15, 0.2) is 17.9 Å². The highest BCUT2D eigenvalue weighted by Gasteiger charge is 1.48. The lowest BCUT2D eigenvalue weighted by Crippen LogP contribution is -1.48. The molecule has 0 aromatic rings. The van der Waals surface area contributed by atoms with Crippen molar-refractivity contribution < 1.29 is 4.79 Å². The van der Waals surface area contributed by atoms with Crippen molar-refractivity contribution >= 4 is 6.29 Å². The molecule has 1 heteroatoms. The first-order chi connectivity index (χ1) is 2.91. The zero-order valence-electron chi connectivity index (χ0n) is 3.64. The molecular formula is C5H6O. The predicted molar refractivity (Wildman–Crippen MR) is 24.4 cm³/mol. The molecule has 0 aliphatic carbocycles. The Labute approximate surface area is 37.0 Å². The zero-order valence-corrected chi connectivity index (χ0v) is 3.64. The Bertz CT molecular complexity index is 86.1. The molecule has 0 N–H and O–H groups in total. The van der Waals surface area contributed by atoms with Crippen LogP contribution in [0.2, 0.25) is 0 Å². The highest BCUT2D eigenvalue weighted by Crippen LogP contribution is 1.55. The molecule has 6 heavy (non-hydrogen) atoms. The van der Waals surface area contributed by atoms with Gasteiger partial charge in [0, 0.05) is 6.08 Å². The van der Waals surface area contributed by atoms with Crippen LogP contribution in [0.5, 0.6) is 0 Å². The third-order valence-electron chi connectivity index (χ3n) is 0.331. The van der Waals surface area contributed by atoms with E-state index in [0.717, 1.165) is 0 Å². The molecule has 0 radical (unpaired) electrons. The summed E-state index contributed by atoms with van der Waals surface area (Å²) in [5, 5.41) is 0. The Morgan fingerprint density at radius 3 is 2.50 bits per heavy atom. The van der Waals surface area contributed by atoms with Crippen molar-refractivity contribution in [3.63, 3.8) is 0 Å². The summed E-state index contributed by atoms with van der Waals surface area (Å²) in [6, 6.07) is 0. The van der Waals surface area contributed by atoms with Crippen LogP contribution in [0.25, 0.3) is 0 Å². The molecular weight excluding hydrogens is 76.1 g/mol. The quantitative estimate of drug-likeness (QED) is 0.261. The third-order valence-corrected chi connectivity index (χ3v) is 0.331. The number of rotatable bonds is 1. The standard InChI is InChI=1S/C5H6O/c1-2-3-4-5-6/h2,4-5H,1H3.